The topological polar surface area (TPSA) is 74.4 Å². The first-order valence-corrected chi connectivity index (χ1v) is 11.2. The molecule has 154 valence electrons. The predicted octanol–water partition coefficient (Wildman–Crippen LogP) is 6.09. The van der Waals surface area contributed by atoms with Gasteiger partial charge in [-0.2, -0.15) is 4.73 Å². The lowest BCUT2D eigenvalue weighted by Crippen LogP contribution is -2.11. The average Bonchev–Trinajstić information content (AvgIpc) is 3.06. The van der Waals surface area contributed by atoms with E-state index in [9.17, 15) is 14.9 Å². The third-order valence-electron chi connectivity index (χ3n) is 4.88. The fraction of sp³-hybridized carbons (Fsp3) is 0.571. The number of non-ortho nitro benzene ring substituents is 1. The van der Waals surface area contributed by atoms with Gasteiger partial charge in [-0.25, -0.2) is 0 Å². The summed E-state index contributed by atoms with van der Waals surface area (Å²) in [4.78, 5) is 27.5. The molecule has 0 spiro atoms. The summed E-state index contributed by atoms with van der Waals surface area (Å²) in [6.07, 6.45) is 14.8. The molecule has 0 saturated carbocycles. The van der Waals surface area contributed by atoms with Crippen LogP contribution in [0.5, 0.6) is 0 Å². The van der Waals surface area contributed by atoms with E-state index in [2.05, 4.69) is 15.9 Å². The van der Waals surface area contributed by atoms with Crippen molar-refractivity contribution in [2.24, 2.45) is 0 Å². The maximum atomic E-state index is 11.2. The van der Waals surface area contributed by atoms with Crippen LogP contribution in [0, 0.1) is 10.1 Å². The number of unbranched alkanes of at least 4 members (excludes halogenated alkanes) is 9. The summed E-state index contributed by atoms with van der Waals surface area (Å²) in [5.74, 6) is 0. The second-order valence-electron chi connectivity index (χ2n) is 7.04. The summed E-state index contributed by atoms with van der Waals surface area (Å²) in [7, 11) is 0. The van der Waals surface area contributed by atoms with E-state index in [-0.39, 0.29) is 5.69 Å². The van der Waals surface area contributed by atoms with Crippen LogP contribution in [0.2, 0.25) is 0 Å². The molecule has 0 bridgehead atoms. The Morgan fingerprint density at radius 2 is 1.61 bits per heavy atom. The molecular weight excluding hydrogens is 424 g/mol. The van der Waals surface area contributed by atoms with E-state index in [1.807, 2.05) is 0 Å². The molecule has 1 aromatic heterocycles. The molecule has 1 aromatic carbocycles. The van der Waals surface area contributed by atoms with Crippen molar-refractivity contribution in [3.63, 3.8) is 0 Å². The van der Waals surface area contributed by atoms with Crippen LogP contribution in [-0.2, 0) is 0 Å². The third kappa shape index (κ3) is 6.93. The quantitative estimate of drug-likeness (QED) is 0.108. The number of alkyl halides is 1. The zero-order valence-corrected chi connectivity index (χ0v) is 17.9. The largest absolute Gasteiger partial charge is 0.414 e. The van der Waals surface area contributed by atoms with Gasteiger partial charge in [-0.15, -0.1) is 0 Å². The van der Waals surface area contributed by atoms with Gasteiger partial charge in [0.2, 0.25) is 0 Å². The zero-order valence-electron chi connectivity index (χ0n) is 16.3. The average molecular weight is 453 g/mol. The van der Waals surface area contributed by atoms with Crippen molar-refractivity contribution in [3.05, 3.63) is 40.1 Å². The van der Waals surface area contributed by atoms with Crippen molar-refractivity contribution < 1.29 is 14.6 Å². The van der Waals surface area contributed by atoms with Gasteiger partial charge < -0.3 is 4.84 Å². The first-order chi connectivity index (χ1) is 13.7. The van der Waals surface area contributed by atoms with Gasteiger partial charge in [0.15, 0.2) is 6.29 Å². The first-order valence-electron chi connectivity index (χ1n) is 10.1. The van der Waals surface area contributed by atoms with Gasteiger partial charge in [-0.1, -0.05) is 60.9 Å². The van der Waals surface area contributed by atoms with E-state index < -0.39 is 4.92 Å². The molecular formula is C21H29BrN2O4. The monoisotopic (exact) mass is 452 g/mol. The van der Waals surface area contributed by atoms with E-state index in [4.69, 9.17) is 4.84 Å². The molecule has 28 heavy (non-hydrogen) atoms. The highest BCUT2D eigenvalue weighted by molar-refractivity contribution is 9.09. The van der Waals surface area contributed by atoms with Gasteiger partial charge in [0.05, 0.1) is 16.6 Å². The molecule has 2 rings (SSSR count). The summed E-state index contributed by atoms with van der Waals surface area (Å²) >= 11 is 3.46. The number of carbonyl (C=O) groups excluding carboxylic acids is 1. The number of nitrogens with zero attached hydrogens (tertiary/aromatic N) is 2. The van der Waals surface area contributed by atoms with Crippen LogP contribution >= 0.6 is 15.9 Å². The van der Waals surface area contributed by atoms with Crippen LogP contribution in [0.25, 0.3) is 10.9 Å². The van der Waals surface area contributed by atoms with Gasteiger partial charge in [0.25, 0.3) is 5.69 Å². The number of fused-ring (bicyclic) bond motifs is 1. The van der Waals surface area contributed by atoms with Gasteiger partial charge in [-0.3, -0.25) is 14.9 Å². The number of nitro benzene ring substituents is 1. The van der Waals surface area contributed by atoms with E-state index in [1.54, 1.807) is 17.0 Å². The summed E-state index contributed by atoms with van der Waals surface area (Å²) < 4.78 is 1.55. The molecule has 0 N–H and O–H groups in total. The standard InChI is InChI=1S/C21H29BrN2O4/c22-13-9-7-5-3-1-2-4-6-8-10-14-28-23-16-18(17-25)20-15-19(24(26)27)11-12-21(20)23/h11-12,15-17H,1-10,13-14H2. The van der Waals surface area contributed by atoms with Crippen molar-refractivity contribution >= 4 is 38.8 Å². The van der Waals surface area contributed by atoms with Crippen LogP contribution < -0.4 is 4.84 Å². The number of rotatable bonds is 15. The van der Waals surface area contributed by atoms with E-state index in [0.29, 0.717) is 29.4 Å². The van der Waals surface area contributed by atoms with Gasteiger partial charge in [-0.05, 0) is 25.3 Å². The molecule has 7 heteroatoms. The van der Waals surface area contributed by atoms with Gasteiger partial charge in [0, 0.05) is 28.4 Å². The second-order valence-corrected chi connectivity index (χ2v) is 7.84. The fourth-order valence-corrected chi connectivity index (χ4v) is 3.70. The molecule has 6 nitrogen and oxygen atoms in total. The minimum Gasteiger partial charge on any atom is -0.414 e. The molecule has 0 aliphatic heterocycles. The summed E-state index contributed by atoms with van der Waals surface area (Å²) in [6, 6.07) is 4.47. The number of nitro groups is 1. The Bertz CT molecular complexity index is 760. The SMILES string of the molecule is O=Cc1cn(OCCCCCCCCCCCCBr)c2ccc([N+](=O)[O-])cc12. The van der Waals surface area contributed by atoms with Crippen molar-refractivity contribution in [3.8, 4) is 0 Å². The molecule has 0 radical (unpaired) electrons. The molecule has 0 fully saturated rings. The number of halogens is 1. The van der Waals surface area contributed by atoms with Gasteiger partial charge >= 0.3 is 0 Å². The third-order valence-corrected chi connectivity index (χ3v) is 5.44. The molecule has 2 aromatic rings. The molecule has 0 aliphatic carbocycles. The number of hydrogen-bond acceptors (Lipinski definition) is 4. The van der Waals surface area contributed by atoms with E-state index >= 15 is 0 Å². The molecule has 0 aliphatic rings. The van der Waals surface area contributed by atoms with Crippen LogP contribution in [0.1, 0.15) is 74.6 Å². The van der Waals surface area contributed by atoms with E-state index in [0.717, 1.165) is 18.2 Å². The van der Waals surface area contributed by atoms with Crippen LogP contribution in [0.4, 0.5) is 5.69 Å². The lowest BCUT2D eigenvalue weighted by atomic mass is 10.1. The van der Waals surface area contributed by atoms with Crippen molar-refractivity contribution in [2.75, 3.05) is 11.9 Å². The van der Waals surface area contributed by atoms with Crippen molar-refractivity contribution in [2.45, 2.75) is 64.2 Å². The number of aldehydes is 1. The molecule has 0 amide bonds. The highest BCUT2D eigenvalue weighted by Gasteiger charge is 2.13. The Morgan fingerprint density at radius 1 is 1.00 bits per heavy atom. The highest BCUT2D eigenvalue weighted by Crippen LogP contribution is 2.24. The van der Waals surface area contributed by atoms with Crippen molar-refractivity contribution in [1.82, 2.24) is 4.73 Å². The summed E-state index contributed by atoms with van der Waals surface area (Å²) in [6.45, 7) is 0.561. The van der Waals surface area contributed by atoms with Gasteiger partial charge in [0.1, 0.15) is 6.61 Å². The maximum absolute atomic E-state index is 11.2. The fourth-order valence-electron chi connectivity index (χ4n) is 3.30. The number of aromatic nitrogens is 1. The first kappa shape index (κ1) is 22.4. The molecule has 1 heterocycles. The Kier molecular flexibility index (Phi) is 10.0. The van der Waals surface area contributed by atoms with Crippen LogP contribution in [0.15, 0.2) is 24.4 Å². The lowest BCUT2D eigenvalue weighted by molar-refractivity contribution is -0.384. The number of benzene rings is 1. The molecule has 0 atom stereocenters. The zero-order chi connectivity index (χ0) is 20.2. The normalized spacial score (nSPS) is 11.0. The predicted molar refractivity (Wildman–Crippen MR) is 115 cm³/mol. The van der Waals surface area contributed by atoms with Crippen LogP contribution in [0.3, 0.4) is 0 Å². The summed E-state index contributed by atoms with van der Waals surface area (Å²) in [5.41, 5.74) is 1.04. The van der Waals surface area contributed by atoms with Crippen molar-refractivity contribution in [1.29, 1.82) is 0 Å². The maximum Gasteiger partial charge on any atom is 0.270 e. The minimum atomic E-state index is -0.463. The highest BCUT2D eigenvalue weighted by atomic mass is 79.9. The summed E-state index contributed by atoms with van der Waals surface area (Å²) in [5, 5.41) is 12.6. The van der Waals surface area contributed by atoms with Crippen LogP contribution in [-0.4, -0.2) is 27.9 Å². The second kappa shape index (κ2) is 12.5. The molecule has 0 saturated heterocycles. The Hall–Kier alpha value is -1.89. The Labute approximate surface area is 174 Å². The smallest absolute Gasteiger partial charge is 0.270 e. The number of hydrogen-bond donors (Lipinski definition) is 0. The minimum absolute atomic E-state index is 0.0310. The Morgan fingerprint density at radius 3 is 2.18 bits per heavy atom. The number of carbonyl (C=O) groups is 1. The Balaban J connectivity index is 1.67. The lowest BCUT2D eigenvalue weighted by Gasteiger charge is -2.08. The molecule has 0 unspecified atom stereocenters. The van der Waals surface area contributed by atoms with E-state index in [1.165, 1.54) is 63.5 Å².